The number of thiazole rings is 1. The van der Waals surface area contributed by atoms with E-state index in [1.165, 1.54) is 0 Å². The average molecular weight is 269 g/mol. The lowest BCUT2D eigenvalue weighted by atomic mass is 10.2. The molecule has 19 heavy (non-hydrogen) atoms. The number of aromatic nitrogens is 3. The smallest absolute Gasteiger partial charge is 0.162 e. The molecule has 4 nitrogen and oxygen atoms in total. The van der Waals surface area contributed by atoms with E-state index < -0.39 is 0 Å². The third kappa shape index (κ3) is 2.61. The van der Waals surface area contributed by atoms with E-state index in [-0.39, 0.29) is 0 Å². The predicted molar refractivity (Wildman–Crippen MR) is 75.4 cm³/mol. The molecule has 0 aliphatic heterocycles. The molecular weight excluding hydrogens is 258 g/mol. The fourth-order valence-electron chi connectivity index (χ4n) is 1.66. The summed E-state index contributed by atoms with van der Waals surface area (Å²) in [4.78, 5) is 12.8. The molecule has 0 fully saturated rings. The molecule has 5 heteroatoms. The number of hydrogen-bond acceptors (Lipinski definition) is 5. The molecule has 0 radical (unpaired) electrons. The van der Waals surface area contributed by atoms with Crippen LogP contribution in [0.2, 0.25) is 0 Å². The van der Waals surface area contributed by atoms with Crippen molar-refractivity contribution < 1.29 is 4.42 Å². The Morgan fingerprint density at radius 2 is 2.32 bits per heavy atom. The Bertz CT molecular complexity index is 687. The van der Waals surface area contributed by atoms with Gasteiger partial charge in [0.05, 0.1) is 23.8 Å². The zero-order valence-corrected chi connectivity index (χ0v) is 11.1. The first-order valence-corrected chi connectivity index (χ1v) is 6.65. The number of nitrogens with zero attached hydrogens (tertiary/aromatic N) is 3. The number of furan rings is 1. The van der Waals surface area contributed by atoms with Crippen molar-refractivity contribution >= 4 is 23.0 Å². The van der Waals surface area contributed by atoms with E-state index in [0.717, 1.165) is 27.7 Å². The van der Waals surface area contributed by atoms with Gasteiger partial charge in [-0.15, -0.1) is 11.3 Å². The summed E-state index contributed by atoms with van der Waals surface area (Å²) in [5, 5.41) is 2.88. The summed E-state index contributed by atoms with van der Waals surface area (Å²) >= 11 is 1.56. The molecule has 0 aromatic carbocycles. The molecule has 0 atom stereocenters. The maximum absolute atomic E-state index is 5.33. The quantitative estimate of drug-likeness (QED) is 0.726. The molecule has 0 amide bonds. The van der Waals surface area contributed by atoms with Crippen LogP contribution in [-0.2, 0) is 0 Å². The second kappa shape index (κ2) is 5.16. The highest BCUT2D eigenvalue weighted by atomic mass is 32.1. The zero-order valence-electron chi connectivity index (χ0n) is 10.3. The van der Waals surface area contributed by atoms with Gasteiger partial charge < -0.3 is 4.42 Å². The highest BCUT2D eigenvalue weighted by molar-refractivity contribution is 7.13. The van der Waals surface area contributed by atoms with Crippen LogP contribution in [0.25, 0.3) is 22.4 Å². The first-order chi connectivity index (χ1) is 9.33. The SMILES string of the molecule is C/C(=C/c1csc(-c2ccco2)n1)c1cnccn1. The van der Waals surface area contributed by atoms with Crippen LogP contribution in [0.3, 0.4) is 0 Å². The largest absolute Gasteiger partial charge is 0.462 e. The molecule has 0 saturated heterocycles. The fourth-order valence-corrected chi connectivity index (χ4v) is 2.41. The highest BCUT2D eigenvalue weighted by Gasteiger charge is 2.06. The van der Waals surface area contributed by atoms with Gasteiger partial charge in [0, 0.05) is 17.8 Å². The van der Waals surface area contributed by atoms with Crippen molar-refractivity contribution in [2.24, 2.45) is 0 Å². The molecule has 0 saturated carbocycles. The van der Waals surface area contributed by atoms with Gasteiger partial charge in [0.15, 0.2) is 10.8 Å². The Balaban J connectivity index is 1.88. The molecule has 0 bridgehead atoms. The third-order valence-corrected chi connectivity index (χ3v) is 3.46. The minimum atomic E-state index is 0.793. The Morgan fingerprint density at radius 1 is 1.37 bits per heavy atom. The van der Waals surface area contributed by atoms with Crippen LogP contribution in [0.1, 0.15) is 18.3 Å². The van der Waals surface area contributed by atoms with E-state index in [1.807, 2.05) is 30.5 Å². The van der Waals surface area contributed by atoms with E-state index in [4.69, 9.17) is 4.42 Å². The number of hydrogen-bond donors (Lipinski definition) is 0. The lowest BCUT2D eigenvalue weighted by molar-refractivity contribution is 0.582. The van der Waals surface area contributed by atoms with Crippen LogP contribution in [-0.4, -0.2) is 15.0 Å². The minimum absolute atomic E-state index is 0.793. The van der Waals surface area contributed by atoms with Crippen LogP contribution in [0.15, 0.2) is 46.8 Å². The molecule has 3 aromatic rings. The van der Waals surface area contributed by atoms with Gasteiger partial charge in [0.2, 0.25) is 0 Å². The number of allylic oxidation sites excluding steroid dienone is 1. The second-order valence-electron chi connectivity index (χ2n) is 3.97. The van der Waals surface area contributed by atoms with Crippen LogP contribution in [0.4, 0.5) is 0 Å². The summed E-state index contributed by atoms with van der Waals surface area (Å²) in [7, 11) is 0. The summed E-state index contributed by atoms with van der Waals surface area (Å²) in [6, 6.07) is 3.76. The Kier molecular flexibility index (Phi) is 3.20. The van der Waals surface area contributed by atoms with Gasteiger partial charge in [-0.2, -0.15) is 0 Å². The van der Waals surface area contributed by atoms with Gasteiger partial charge >= 0.3 is 0 Å². The molecule has 3 aromatic heterocycles. The Morgan fingerprint density at radius 3 is 3.05 bits per heavy atom. The maximum atomic E-state index is 5.33. The van der Waals surface area contributed by atoms with Crippen molar-refractivity contribution in [2.45, 2.75) is 6.92 Å². The van der Waals surface area contributed by atoms with Gasteiger partial charge in [-0.05, 0) is 30.7 Å². The molecular formula is C14H11N3OS. The first-order valence-electron chi connectivity index (χ1n) is 5.77. The van der Waals surface area contributed by atoms with Gasteiger partial charge in [-0.1, -0.05) is 0 Å². The molecule has 3 rings (SSSR count). The molecule has 0 unspecified atom stereocenters. The van der Waals surface area contributed by atoms with Crippen LogP contribution >= 0.6 is 11.3 Å². The maximum Gasteiger partial charge on any atom is 0.162 e. The molecule has 0 spiro atoms. The van der Waals surface area contributed by atoms with Gasteiger partial charge in [0.25, 0.3) is 0 Å². The lowest BCUT2D eigenvalue weighted by Crippen LogP contribution is -1.86. The van der Waals surface area contributed by atoms with Crippen LogP contribution in [0, 0.1) is 0 Å². The summed E-state index contributed by atoms with van der Waals surface area (Å²) in [6.07, 6.45) is 8.73. The van der Waals surface area contributed by atoms with Crippen molar-refractivity contribution in [1.82, 2.24) is 15.0 Å². The summed E-state index contributed by atoms with van der Waals surface area (Å²) in [5.41, 5.74) is 2.79. The van der Waals surface area contributed by atoms with Crippen molar-refractivity contribution in [1.29, 1.82) is 0 Å². The van der Waals surface area contributed by atoms with Crippen molar-refractivity contribution in [3.8, 4) is 10.8 Å². The average Bonchev–Trinajstić information content (AvgIpc) is 3.10. The minimum Gasteiger partial charge on any atom is -0.462 e. The van der Waals surface area contributed by atoms with Gasteiger partial charge in [0.1, 0.15) is 0 Å². The van der Waals surface area contributed by atoms with Gasteiger partial charge in [-0.25, -0.2) is 4.98 Å². The van der Waals surface area contributed by atoms with Gasteiger partial charge in [-0.3, -0.25) is 9.97 Å². The lowest BCUT2D eigenvalue weighted by Gasteiger charge is -1.97. The monoisotopic (exact) mass is 269 g/mol. The molecule has 0 aliphatic rings. The summed E-state index contributed by atoms with van der Waals surface area (Å²) < 4.78 is 5.33. The van der Waals surface area contributed by atoms with E-state index >= 15 is 0 Å². The third-order valence-electron chi connectivity index (χ3n) is 2.59. The molecule has 94 valence electrons. The highest BCUT2D eigenvalue weighted by Crippen LogP contribution is 2.25. The topological polar surface area (TPSA) is 51.8 Å². The van der Waals surface area contributed by atoms with E-state index in [2.05, 4.69) is 15.0 Å². The van der Waals surface area contributed by atoms with Crippen molar-refractivity contribution in [3.63, 3.8) is 0 Å². The number of rotatable bonds is 3. The second-order valence-corrected chi connectivity index (χ2v) is 4.83. The predicted octanol–water partition coefficient (Wildman–Crippen LogP) is 3.75. The van der Waals surface area contributed by atoms with Crippen molar-refractivity contribution in [2.75, 3.05) is 0 Å². The van der Waals surface area contributed by atoms with E-state index in [1.54, 1.807) is 36.2 Å². The Hall–Kier alpha value is -2.27. The molecule has 3 heterocycles. The molecule has 0 aliphatic carbocycles. The standard InChI is InChI=1S/C14H11N3OS/c1-10(12-8-15-4-5-16-12)7-11-9-19-14(17-11)13-3-2-6-18-13/h2-9H,1H3/b10-7-. The van der Waals surface area contributed by atoms with E-state index in [0.29, 0.717) is 0 Å². The van der Waals surface area contributed by atoms with Crippen LogP contribution in [0.5, 0.6) is 0 Å². The summed E-state index contributed by atoms with van der Waals surface area (Å²) in [6.45, 7) is 2.00. The molecule has 0 N–H and O–H groups in total. The van der Waals surface area contributed by atoms with Crippen LogP contribution < -0.4 is 0 Å². The van der Waals surface area contributed by atoms with Crippen molar-refractivity contribution in [3.05, 3.63) is 53.8 Å². The van der Waals surface area contributed by atoms with E-state index in [9.17, 15) is 0 Å². The normalized spacial score (nSPS) is 11.7. The first kappa shape index (κ1) is 11.8. The summed E-state index contributed by atoms with van der Waals surface area (Å²) in [5.74, 6) is 0.793. The fraction of sp³-hybridized carbons (Fsp3) is 0.0714. The Labute approximate surface area is 114 Å². The zero-order chi connectivity index (χ0) is 13.1.